The third kappa shape index (κ3) is 4.54. The molecule has 4 unspecified atom stereocenters. The fourth-order valence-corrected chi connectivity index (χ4v) is 4.91. The van der Waals surface area contributed by atoms with Crippen LogP contribution in [0, 0.1) is 5.92 Å². The maximum atomic E-state index is 10.5. The van der Waals surface area contributed by atoms with Gasteiger partial charge in [-0.1, -0.05) is 12.1 Å². The topological polar surface area (TPSA) is 61.3 Å². The molecule has 2 N–H and O–H groups in total. The number of hydrogen-bond donors (Lipinski definition) is 2. The van der Waals surface area contributed by atoms with Crippen LogP contribution in [0.15, 0.2) is 48.9 Å². The molecule has 3 heterocycles. The predicted octanol–water partition coefficient (Wildman–Crippen LogP) is 2.24. The molecule has 1 saturated carbocycles. The van der Waals surface area contributed by atoms with Crippen LogP contribution in [0.1, 0.15) is 36.4 Å². The van der Waals surface area contributed by atoms with Crippen LogP contribution in [-0.2, 0) is 6.42 Å². The van der Waals surface area contributed by atoms with Gasteiger partial charge in [-0.3, -0.25) is 14.9 Å². The van der Waals surface area contributed by atoms with Gasteiger partial charge in [0, 0.05) is 62.9 Å². The van der Waals surface area contributed by atoms with Crippen LogP contribution >= 0.6 is 0 Å². The highest BCUT2D eigenvalue weighted by molar-refractivity contribution is 5.19. The smallest absolute Gasteiger partial charge is 0.0544 e. The molecule has 1 saturated heterocycles. The van der Waals surface area contributed by atoms with E-state index in [1.165, 1.54) is 5.56 Å². The van der Waals surface area contributed by atoms with E-state index in [0.29, 0.717) is 17.9 Å². The van der Waals surface area contributed by atoms with Crippen LogP contribution in [0.25, 0.3) is 0 Å². The Morgan fingerprint density at radius 1 is 1.11 bits per heavy atom. The number of pyridine rings is 2. The number of aliphatic hydroxyl groups is 1. The van der Waals surface area contributed by atoms with E-state index in [2.05, 4.69) is 38.4 Å². The second-order valence-corrected chi connectivity index (χ2v) is 7.90. The van der Waals surface area contributed by atoms with Gasteiger partial charge in [0.05, 0.1) is 6.10 Å². The Bertz CT molecular complexity index is 690. The third-order valence-corrected chi connectivity index (χ3v) is 6.24. The quantitative estimate of drug-likeness (QED) is 0.850. The van der Waals surface area contributed by atoms with Gasteiger partial charge < -0.3 is 10.4 Å². The summed E-state index contributed by atoms with van der Waals surface area (Å²) in [6.45, 7) is 4.19. The number of rotatable bonds is 5. The van der Waals surface area contributed by atoms with Crippen molar-refractivity contribution in [1.82, 2.24) is 20.2 Å². The molecule has 144 valence electrons. The SMILES string of the molecule is OC1CCC(c2cccnc2)C(C(Cc2ccccn2)N2CCNCC2)C1. The average molecular weight is 367 g/mol. The van der Waals surface area contributed by atoms with E-state index in [1.807, 2.05) is 30.7 Å². The van der Waals surface area contributed by atoms with Gasteiger partial charge in [-0.25, -0.2) is 0 Å². The number of aliphatic hydroxyl groups excluding tert-OH is 1. The van der Waals surface area contributed by atoms with Crippen molar-refractivity contribution in [3.8, 4) is 0 Å². The Morgan fingerprint density at radius 3 is 2.74 bits per heavy atom. The number of piperazine rings is 1. The zero-order valence-electron chi connectivity index (χ0n) is 15.9. The highest BCUT2D eigenvalue weighted by Gasteiger charge is 2.39. The lowest BCUT2D eigenvalue weighted by molar-refractivity contribution is 0.0326. The molecule has 0 aromatic carbocycles. The Morgan fingerprint density at radius 2 is 2.00 bits per heavy atom. The standard InChI is InChI=1S/C22H30N4O/c27-19-6-7-20(17-4-3-8-24-16-17)21(15-19)22(26-12-10-23-11-13-26)14-18-5-1-2-9-25-18/h1-5,8-9,16,19-23,27H,6-7,10-15H2. The Labute approximate surface area is 161 Å². The highest BCUT2D eigenvalue weighted by atomic mass is 16.3. The summed E-state index contributed by atoms with van der Waals surface area (Å²) in [7, 11) is 0. The van der Waals surface area contributed by atoms with Crippen LogP contribution in [-0.4, -0.2) is 58.3 Å². The van der Waals surface area contributed by atoms with Crippen LogP contribution < -0.4 is 5.32 Å². The second kappa shape index (κ2) is 8.91. The van der Waals surface area contributed by atoms with Crippen molar-refractivity contribution in [2.75, 3.05) is 26.2 Å². The van der Waals surface area contributed by atoms with E-state index in [-0.39, 0.29) is 6.10 Å². The van der Waals surface area contributed by atoms with Crippen molar-refractivity contribution >= 4 is 0 Å². The first-order valence-electron chi connectivity index (χ1n) is 10.2. The molecule has 4 atom stereocenters. The fraction of sp³-hybridized carbons (Fsp3) is 0.545. The van der Waals surface area contributed by atoms with E-state index in [4.69, 9.17) is 0 Å². The fourth-order valence-electron chi connectivity index (χ4n) is 4.91. The summed E-state index contributed by atoms with van der Waals surface area (Å²) < 4.78 is 0. The van der Waals surface area contributed by atoms with E-state index in [0.717, 1.165) is 57.6 Å². The molecular formula is C22H30N4O. The Balaban J connectivity index is 1.64. The molecule has 2 aromatic rings. The zero-order chi connectivity index (χ0) is 18.5. The van der Waals surface area contributed by atoms with Gasteiger partial charge in [0.1, 0.15) is 0 Å². The molecule has 4 rings (SSSR count). The van der Waals surface area contributed by atoms with E-state index < -0.39 is 0 Å². The monoisotopic (exact) mass is 366 g/mol. The van der Waals surface area contributed by atoms with Gasteiger partial charge in [-0.15, -0.1) is 0 Å². The largest absolute Gasteiger partial charge is 0.393 e. The summed E-state index contributed by atoms with van der Waals surface area (Å²) in [6, 6.07) is 10.8. The van der Waals surface area contributed by atoms with E-state index in [1.54, 1.807) is 0 Å². The third-order valence-electron chi connectivity index (χ3n) is 6.24. The molecule has 0 bridgehead atoms. The van der Waals surface area contributed by atoms with Crippen molar-refractivity contribution in [2.24, 2.45) is 5.92 Å². The molecule has 0 amide bonds. The first-order chi connectivity index (χ1) is 13.3. The second-order valence-electron chi connectivity index (χ2n) is 7.90. The molecule has 2 aromatic heterocycles. The van der Waals surface area contributed by atoms with Gasteiger partial charge in [0.15, 0.2) is 0 Å². The van der Waals surface area contributed by atoms with Crippen molar-refractivity contribution in [3.05, 3.63) is 60.2 Å². The summed E-state index contributed by atoms with van der Waals surface area (Å²) >= 11 is 0. The minimum absolute atomic E-state index is 0.197. The number of nitrogens with zero attached hydrogens (tertiary/aromatic N) is 3. The molecule has 1 aliphatic carbocycles. The lowest BCUT2D eigenvalue weighted by Crippen LogP contribution is -2.53. The Kier molecular flexibility index (Phi) is 6.12. The molecule has 0 radical (unpaired) electrons. The summed E-state index contributed by atoms with van der Waals surface area (Å²) in [5.41, 5.74) is 2.46. The van der Waals surface area contributed by atoms with E-state index >= 15 is 0 Å². The molecule has 0 spiro atoms. The number of nitrogens with one attached hydrogen (secondary N) is 1. The molecular weight excluding hydrogens is 336 g/mol. The zero-order valence-corrected chi connectivity index (χ0v) is 15.9. The van der Waals surface area contributed by atoms with Crippen molar-refractivity contribution < 1.29 is 5.11 Å². The minimum atomic E-state index is -0.197. The van der Waals surface area contributed by atoms with Crippen molar-refractivity contribution in [2.45, 2.75) is 43.7 Å². The lowest BCUT2D eigenvalue weighted by atomic mass is 9.70. The first-order valence-corrected chi connectivity index (χ1v) is 10.2. The van der Waals surface area contributed by atoms with Crippen LogP contribution in [0.2, 0.25) is 0 Å². The highest BCUT2D eigenvalue weighted by Crippen LogP contribution is 2.41. The van der Waals surface area contributed by atoms with Crippen LogP contribution in [0.5, 0.6) is 0 Å². The lowest BCUT2D eigenvalue weighted by Gasteiger charge is -2.45. The van der Waals surface area contributed by atoms with Crippen LogP contribution in [0.4, 0.5) is 0 Å². The predicted molar refractivity (Wildman–Crippen MR) is 106 cm³/mol. The maximum Gasteiger partial charge on any atom is 0.0544 e. The van der Waals surface area contributed by atoms with Crippen LogP contribution in [0.3, 0.4) is 0 Å². The summed E-state index contributed by atoms with van der Waals surface area (Å²) in [5, 5.41) is 14.0. The van der Waals surface area contributed by atoms with Gasteiger partial charge in [-0.2, -0.15) is 0 Å². The van der Waals surface area contributed by atoms with Gasteiger partial charge in [0.25, 0.3) is 0 Å². The molecule has 5 nitrogen and oxygen atoms in total. The van der Waals surface area contributed by atoms with Crippen molar-refractivity contribution in [1.29, 1.82) is 0 Å². The van der Waals surface area contributed by atoms with Gasteiger partial charge >= 0.3 is 0 Å². The first kappa shape index (κ1) is 18.5. The maximum absolute atomic E-state index is 10.5. The van der Waals surface area contributed by atoms with Gasteiger partial charge in [-0.05, 0) is 54.9 Å². The molecule has 1 aliphatic heterocycles. The molecule has 2 fully saturated rings. The molecule has 5 heteroatoms. The van der Waals surface area contributed by atoms with Crippen molar-refractivity contribution in [3.63, 3.8) is 0 Å². The normalized spacial score (nSPS) is 28.0. The summed E-state index contributed by atoms with van der Waals surface area (Å²) in [4.78, 5) is 11.6. The Hall–Kier alpha value is -1.82. The molecule has 2 aliphatic rings. The summed E-state index contributed by atoms with van der Waals surface area (Å²) in [5.74, 6) is 0.865. The minimum Gasteiger partial charge on any atom is -0.393 e. The average Bonchev–Trinajstić information content (AvgIpc) is 2.74. The summed E-state index contributed by atoms with van der Waals surface area (Å²) in [6.07, 6.45) is 9.27. The molecule has 27 heavy (non-hydrogen) atoms. The number of hydrogen-bond acceptors (Lipinski definition) is 5. The number of aromatic nitrogens is 2. The van der Waals surface area contributed by atoms with E-state index in [9.17, 15) is 5.11 Å². The van der Waals surface area contributed by atoms with Gasteiger partial charge in [0.2, 0.25) is 0 Å².